The van der Waals surface area contributed by atoms with Crippen LogP contribution in [-0.2, 0) is 11.3 Å². The number of thiazole rings is 1. The summed E-state index contributed by atoms with van der Waals surface area (Å²) < 4.78 is 5.65. The number of nitrogens with two attached hydrogens (primary N) is 1. The minimum absolute atomic E-state index is 0.0418. The van der Waals surface area contributed by atoms with Gasteiger partial charge in [-0.3, -0.25) is 4.90 Å². The summed E-state index contributed by atoms with van der Waals surface area (Å²) in [6.45, 7) is 7.83. The minimum atomic E-state index is -0.0418. The monoisotopic (exact) mass is 227 g/mol. The van der Waals surface area contributed by atoms with Gasteiger partial charge in [-0.2, -0.15) is 0 Å². The van der Waals surface area contributed by atoms with Crippen molar-refractivity contribution in [2.45, 2.75) is 26.0 Å². The molecule has 0 radical (unpaired) electrons. The van der Waals surface area contributed by atoms with E-state index in [0.29, 0.717) is 5.13 Å². The van der Waals surface area contributed by atoms with Crippen LogP contribution in [0.25, 0.3) is 0 Å². The highest BCUT2D eigenvalue weighted by molar-refractivity contribution is 7.13. The van der Waals surface area contributed by atoms with Gasteiger partial charge in [0.05, 0.1) is 17.9 Å². The molecule has 5 heteroatoms. The van der Waals surface area contributed by atoms with Crippen LogP contribution < -0.4 is 5.73 Å². The van der Waals surface area contributed by atoms with Gasteiger partial charge in [0.15, 0.2) is 5.13 Å². The Morgan fingerprint density at radius 2 is 2.47 bits per heavy atom. The van der Waals surface area contributed by atoms with Crippen LogP contribution in [0.5, 0.6) is 0 Å². The van der Waals surface area contributed by atoms with Crippen molar-refractivity contribution in [1.82, 2.24) is 9.88 Å². The first-order valence-corrected chi connectivity index (χ1v) is 5.99. The molecule has 1 aromatic rings. The SMILES string of the molecule is CC1(C)CN(Cc2csc(N)n2)CCO1. The van der Waals surface area contributed by atoms with Crippen LogP contribution in [0.2, 0.25) is 0 Å². The molecule has 84 valence electrons. The highest BCUT2D eigenvalue weighted by Crippen LogP contribution is 2.19. The standard InChI is InChI=1S/C10H17N3OS/c1-10(2)7-13(3-4-14-10)5-8-6-15-9(11)12-8/h6H,3-5,7H2,1-2H3,(H2,11,12). The van der Waals surface area contributed by atoms with Gasteiger partial charge in [0, 0.05) is 25.0 Å². The molecule has 2 heterocycles. The van der Waals surface area contributed by atoms with E-state index in [1.807, 2.05) is 5.38 Å². The Kier molecular flexibility index (Phi) is 2.95. The maximum absolute atomic E-state index is 5.65. The lowest BCUT2D eigenvalue weighted by atomic mass is 10.1. The van der Waals surface area contributed by atoms with Gasteiger partial charge >= 0.3 is 0 Å². The number of ether oxygens (including phenoxy) is 1. The molecule has 0 bridgehead atoms. The lowest BCUT2D eigenvalue weighted by Crippen LogP contribution is -2.47. The van der Waals surface area contributed by atoms with Gasteiger partial charge in [-0.1, -0.05) is 0 Å². The van der Waals surface area contributed by atoms with Crippen molar-refractivity contribution in [3.05, 3.63) is 11.1 Å². The van der Waals surface area contributed by atoms with E-state index in [4.69, 9.17) is 10.5 Å². The smallest absolute Gasteiger partial charge is 0.180 e. The highest BCUT2D eigenvalue weighted by Gasteiger charge is 2.27. The first-order chi connectivity index (χ1) is 7.05. The molecular weight excluding hydrogens is 210 g/mol. The van der Waals surface area contributed by atoms with Crippen LogP contribution in [0, 0.1) is 0 Å². The van der Waals surface area contributed by atoms with E-state index < -0.39 is 0 Å². The maximum Gasteiger partial charge on any atom is 0.180 e. The largest absolute Gasteiger partial charge is 0.375 e. The van der Waals surface area contributed by atoms with Crippen LogP contribution in [-0.4, -0.2) is 35.2 Å². The molecule has 0 aliphatic carbocycles. The third-order valence-corrected chi connectivity index (χ3v) is 3.18. The Morgan fingerprint density at radius 1 is 1.67 bits per heavy atom. The molecular formula is C10H17N3OS. The number of hydrogen-bond donors (Lipinski definition) is 1. The number of nitrogens with zero attached hydrogens (tertiary/aromatic N) is 2. The molecule has 1 aliphatic rings. The van der Waals surface area contributed by atoms with Crippen molar-refractivity contribution in [2.75, 3.05) is 25.4 Å². The molecule has 15 heavy (non-hydrogen) atoms. The Bertz CT molecular complexity index is 337. The van der Waals surface area contributed by atoms with Crippen molar-refractivity contribution < 1.29 is 4.74 Å². The fourth-order valence-electron chi connectivity index (χ4n) is 1.87. The Morgan fingerprint density at radius 3 is 3.07 bits per heavy atom. The number of hydrogen-bond acceptors (Lipinski definition) is 5. The van der Waals surface area contributed by atoms with Crippen molar-refractivity contribution in [3.8, 4) is 0 Å². The lowest BCUT2D eigenvalue weighted by Gasteiger charge is -2.37. The first-order valence-electron chi connectivity index (χ1n) is 5.11. The first kappa shape index (κ1) is 10.9. The van der Waals surface area contributed by atoms with E-state index >= 15 is 0 Å². The van der Waals surface area contributed by atoms with Crippen molar-refractivity contribution in [1.29, 1.82) is 0 Å². The summed E-state index contributed by atoms with van der Waals surface area (Å²) in [5.41, 5.74) is 6.62. The maximum atomic E-state index is 5.65. The quantitative estimate of drug-likeness (QED) is 0.828. The van der Waals surface area contributed by atoms with Crippen LogP contribution in [0.15, 0.2) is 5.38 Å². The predicted molar refractivity (Wildman–Crippen MR) is 61.8 cm³/mol. The zero-order valence-corrected chi connectivity index (χ0v) is 10.0. The molecule has 1 aromatic heterocycles. The second-order valence-electron chi connectivity index (χ2n) is 4.50. The molecule has 2 rings (SSSR count). The van der Waals surface area contributed by atoms with Crippen LogP contribution in [0.3, 0.4) is 0 Å². The van der Waals surface area contributed by atoms with Crippen molar-refractivity contribution in [3.63, 3.8) is 0 Å². The van der Waals surface area contributed by atoms with Gasteiger partial charge in [0.25, 0.3) is 0 Å². The van der Waals surface area contributed by atoms with Crippen LogP contribution >= 0.6 is 11.3 Å². The van der Waals surface area contributed by atoms with Gasteiger partial charge in [-0.15, -0.1) is 11.3 Å². The number of anilines is 1. The molecule has 2 N–H and O–H groups in total. The molecule has 4 nitrogen and oxygen atoms in total. The number of morpholine rings is 1. The summed E-state index contributed by atoms with van der Waals surface area (Å²) in [6, 6.07) is 0. The fourth-order valence-corrected chi connectivity index (χ4v) is 2.43. The van der Waals surface area contributed by atoms with Gasteiger partial charge in [0.2, 0.25) is 0 Å². The zero-order chi connectivity index (χ0) is 10.9. The third kappa shape index (κ3) is 2.90. The average Bonchev–Trinajstić information content (AvgIpc) is 2.49. The fraction of sp³-hybridized carbons (Fsp3) is 0.700. The number of rotatable bonds is 2. The molecule has 0 spiro atoms. The molecule has 0 amide bonds. The van der Waals surface area contributed by atoms with E-state index in [9.17, 15) is 0 Å². The molecule has 1 saturated heterocycles. The summed E-state index contributed by atoms with van der Waals surface area (Å²) in [7, 11) is 0. The van der Waals surface area contributed by atoms with Gasteiger partial charge in [-0.05, 0) is 13.8 Å². The average molecular weight is 227 g/mol. The normalized spacial score (nSPS) is 21.7. The topological polar surface area (TPSA) is 51.4 Å². The zero-order valence-electron chi connectivity index (χ0n) is 9.19. The molecule has 0 saturated carbocycles. The molecule has 0 atom stereocenters. The molecule has 1 fully saturated rings. The van der Waals surface area contributed by atoms with Crippen molar-refractivity contribution >= 4 is 16.5 Å². The molecule has 0 unspecified atom stereocenters. The summed E-state index contributed by atoms with van der Waals surface area (Å²) >= 11 is 1.50. The van der Waals surface area contributed by atoms with E-state index in [1.54, 1.807) is 0 Å². The summed E-state index contributed by atoms with van der Waals surface area (Å²) in [6.07, 6.45) is 0. The second kappa shape index (κ2) is 4.08. The van der Waals surface area contributed by atoms with E-state index in [1.165, 1.54) is 11.3 Å². The van der Waals surface area contributed by atoms with Gasteiger partial charge in [-0.25, -0.2) is 4.98 Å². The van der Waals surface area contributed by atoms with Gasteiger partial charge < -0.3 is 10.5 Å². The van der Waals surface area contributed by atoms with Gasteiger partial charge in [0.1, 0.15) is 0 Å². The summed E-state index contributed by atoms with van der Waals surface area (Å²) in [4.78, 5) is 6.63. The van der Waals surface area contributed by atoms with E-state index in [2.05, 4.69) is 23.7 Å². The molecule has 0 aromatic carbocycles. The van der Waals surface area contributed by atoms with Crippen molar-refractivity contribution in [2.24, 2.45) is 0 Å². The Balaban J connectivity index is 1.95. The molecule has 1 aliphatic heterocycles. The Hall–Kier alpha value is -0.650. The van der Waals surface area contributed by atoms with Crippen LogP contribution in [0.1, 0.15) is 19.5 Å². The number of aromatic nitrogens is 1. The number of nitrogen functional groups attached to an aromatic ring is 1. The lowest BCUT2D eigenvalue weighted by molar-refractivity contribution is -0.0884. The van der Waals surface area contributed by atoms with E-state index in [0.717, 1.165) is 31.9 Å². The second-order valence-corrected chi connectivity index (χ2v) is 5.39. The van der Waals surface area contributed by atoms with E-state index in [-0.39, 0.29) is 5.60 Å². The highest BCUT2D eigenvalue weighted by atomic mass is 32.1. The minimum Gasteiger partial charge on any atom is -0.375 e. The third-order valence-electron chi connectivity index (χ3n) is 2.46. The summed E-state index contributed by atoms with van der Waals surface area (Å²) in [5.74, 6) is 0. The Labute approximate surface area is 94.1 Å². The summed E-state index contributed by atoms with van der Waals surface area (Å²) in [5, 5.41) is 2.68. The van der Waals surface area contributed by atoms with Crippen LogP contribution in [0.4, 0.5) is 5.13 Å². The predicted octanol–water partition coefficient (Wildman–Crippen LogP) is 1.34.